The molecular formula is C36H26N4. The van der Waals surface area contributed by atoms with Gasteiger partial charge in [0.05, 0.1) is 22.4 Å². The molecular weight excluding hydrogens is 488 g/mol. The number of benzene rings is 4. The molecule has 0 aliphatic rings. The van der Waals surface area contributed by atoms with Gasteiger partial charge in [-0.3, -0.25) is 4.98 Å². The molecule has 7 aromatic rings. The molecule has 4 nitrogen and oxygen atoms in total. The van der Waals surface area contributed by atoms with Crippen LogP contribution in [0.5, 0.6) is 0 Å². The number of nitrogens with zero attached hydrogens (tertiary/aromatic N) is 4. The van der Waals surface area contributed by atoms with Crippen LogP contribution < -0.4 is 0 Å². The number of pyridine rings is 2. The van der Waals surface area contributed by atoms with Crippen LogP contribution in [-0.4, -0.2) is 19.9 Å². The van der Waals surface area contributed by atoms with E-state index in [1.807, 2.05) is 37.3 Å². The average Bonchev–Trinajstić information content (AvgIpc) is 3.01. The molecule has 0 saturated carbocycles. The first kappa shape index (κ1) is 23.9. The minimum absolute atomic E-state index is 0.596. The maximum atomic E-state index is 5.11. The molecule has 0 bridgehead atoms. The second-order valence-corrected chi connectivity index (χ2v) is 10.1. The summed E-state index contributed by atoms with van der Waals surface area (Å²) in [6.07, 6.45) is 0. The van der Waals surface area contributed by atoms with Crippen LogP contribution in [-0.2, 0) is 0 Å². The van der Waals surface area contributed by atoms with E-state index >= 15 is 0 Å². The zero-order chi connectivity index (χ0) is 27.1. The highest BCUT2D eigenvalue weighted by molar-refractivity contribution is 6.04. The van der Waals surface area contributed by atoms with Crippen molar-refractivity contribution in [2.45, 2.75) is 13.8 Å². The van der Waals surface area contributed by atoms with Crippen LogP contribution in [0.2, 0.25) is 0 Å². The van der Waals surface area contributed by atoms with Crippen LogP contribution in [0.3, 0.4) is 0 Å². The van der Waals surface area contributed by atoms with Crippen LogP contribution in [0, 0.1) is 13.8 Å². The Labute approximate surface area is 233 Å². The van der Waals surface area contributed by atoms with Gasteiger partial charge in [-0.15, -0.1) is 0 Å². The van der Waals surface area contributed by atoms with Gasteiger partial charge < -0.3 is 0 Å². The number of hydrogen-bond acceptors (Lipinski definition) is 4. The Hall–Kier alpha value is -5.22. The van der Waals surface area contributed by atoms with E-state index in [1.165, 1.54) is 11.1 Å². The van der Waals surface area contributed by atoms with E-state index in [4.69, 9.17) is 19.9 Å². The SMILES string of the molecule is Cc1ccc2ccc3c(C)cc(-c4nc(-c5ccccc5)cc(-c5ccc(-c6ccccc6)cc5)n4)nc3c2n1. The van der Waals surface area contributed by atoms with Crippen LogP contribution in [0.4, 0.5) is 0 Å². The molecule has 0 unspecified atom stereocenters. The highest BCUT2D eigenvalue weighted by Gasteiger charge is 2.15. The van der Waals surface area contributed by atoms with Crippen molar-refractivity contribution in [2.75, 3.05) is 0 Å². The molecule has 0 fully saturated rings. The number of rotatable bonds is 4. The Bertz CT molecular complexity index is 2000. The summed E-state index contributed by atoms with van der Waals surface area (Å²) in [7, 11) is 0. The molecule has 190 valence electrons. The van der Waals surface area contributed by atoms with Crippen LogP contribution >= 0.6 is 0 Å². The third-order valence-electron chi connectivity index (χ3n) is 7.30. The van der Waals surface area contributed by atoms with E-state index in [0.29, 0.717) is 5.82 Å². The van der Waals surface area contributed by atoms with Crippen LogP contribution in [0.15, 0.2) is 121 Å². The third-order valence-corrected chi connectivity index (χ3v) is 7.30. The molecule has 0 amide bonds. The Balaban J connectivity index is 1.41. The third kappa shape index (κ3) is 4.40. The number of aryl methyl sites for hydroxylation is 2. The molecule has 0 N–H and O–H groups in total. The van der Waals surface area contributed by atoms with Gasteiger partial charge in [0.1, 0.15) is 5.69 Å². The molecule has 3 heterocycles. The van der Waals surface area contributed by atoms with Gasteiger partial charge in [-0.25, -0.2) is 15.0 Å². The molecule has 0 aliphatic heterocycles. The molecule has 7 rings (SSSR count). The van der Waals surface area contributed by atoms with E-state index in [0.717, 1.165) is 61.3 Å². The zero-order valence-corrected chi connectivity index (χ0v) is 22.3. The topological polar surface area (TPSA) is 51.6 Å². The van der Waals surface area contributed by atoms with Crippen molar-refractivity contribution >= 4 is 21.8 Å². The summed E-state index contributed by atoms with van der Waals surface area (Å²) in [5.41, 5.74) is 10.7. The van der Waals surface area contributed by atoms with Crippen molar-refractivity contribution in [1.29, 1.82) is 0 Å². The first-order valence-corrected chi connectivity index (χ1v) is 13.4. The second kappa shape index (κ2) is 9.83. The zero-order valence-electron chi connectivity index (χ0n) is 22.3. The maximum Gasteiger partial charge on any atom is 0.179 e. The summed E-state index contributed by atoms with van der Waals surface area (Å²) in [4.78, 5) is 20.0. The highest BCUT2D eigenvalue weighted by Crippen LogP contribution is 2.32. The maximum absolute atomic E-state index is 5.11. The Morgan fingerprint density at radius 3 is 1.70 bits per heavy atom. The fourth-order valence-electron chi connectivity index (χ4n) is 5.18. The van der Waals surface area contributed by atoms with Crippen LogP contribution in [0.25, 0.3) is 67.0 Å². The largest absolute Gasteiger partial charge is 0.251 e. The molecule has 40 heavy (non-hydrogen) atoms. The van der Waals surface area contributed by atoms with E-state index in [9.17, 15) is 0 Å². The highest BCUT2D eigenvalue weighted by atomic mass is 14.9. The van der Waals surface area contributed by atoms with Crippen molar-refractivity contribution in [3.8, 4) is 45.2 Å². The van der Waals surface area contributed by atoms with Crippen molar-refractivity contribution in [2.24, 2.45) is 0 Å². The fourth-order valence-corrected chi connectivity index (χ4v) is 5.18. The van der Waals surface area contributed by atoms with Crippen molar-refractivity contribution < 1.29 is 0 Å². The van der Waals surface area contributed by atoms with Gasteiger partial charge in [0.25, 0.3) is 0 Å². The lowest BCUT2D eigenvalue weighted by atomic mass is 10.0. The summed E-state index contributed by atoms with van der Waals surface area (Å²) < 4.78 is 0. The standard InChI is InChI=1S/C36H26N4/c1-23-21-33(38-35-30(23)20-19-29-14-13-24(2)37-34(29)35)36-39-31(27-11-7-4-8-12-27)22-32(40-36)28-17-15-26(16-18-28)25-9-5-3-6-10-25/h3-22H,1-2H3. The van der Waals surface area contributed by atoms with Gasteiger partial charge in [-0.05, 0) is 48.7 Å². The smallest absolute Gasteiger partial charge is 0.179 e. The fraction of sp³-hybridized carbons (Fsp3) is 0.0556. The minimum atomic E-state index is 0.596. The molecule has 4 heteroatoms. The van der Waals surface area contributed by atoms with Gasteiger partial charge >= 0.3 is 0 Å². The number of hydrogen-bond donors (Lipinski definition) is 0. The van der Waals surface area contributed by atoms with Gasteiger partial charge in [0.15, 0.2) is 5.82 Å². The predicted molar refractivity (Wildman–Crippen MR) is 164 cm³/mol. The molecule has 3 aromatic heterocycles. The molecule has 0 spiro atoms. The molecule has 0 saturated heterocycles. The van der Waals surface area contributed by atoms with Gasteiger partial charge in [-0.1, -0.05) is 103 Å². The Morgan fingerprint density at radius 1 is 0.425 bits per heavy atom. The second-order valence-electron chi connectivity index (χ2n) is 10.1. The molecule has 0 radical (unpaired) electrons. The molecule has 4 aromatic carbocycles. The van der Waals surface area contributed by atoms with E-state index in [2.05, 4.69) is 97.9 Å². The summed E-state index contributed by atoms with van der Waals surface area (Å²) in [6.45, 7) is 4.12. The van der Waals surface area contributed by atoms with Crippen molar-refractivity contribution in [3.63, 3.8) is 0 Å². The summed E-state index contributed by atoms with van der Waals surface area (Å²) in [6, 6.07) is 41.7. The van der Waals surface area contributed by atoms with E-state index in [-0.39, 0.29) is 0 Å². The van der Waals surface area contributed by atoms with E-state index in [1.54, 1.807) is 0 Å². The Kier molecular flexibility index (Phi) is 5.86. The van der Waals surface area contributed by atoms with E-state index < -0.39 is 0 Å². The monoisotopic (exact) mass is 514 g/mol. The lowest BCUT2D eigenvalue weighted by Crippen LogP contribution is -1.99. The molecule has 0 aliphatic carbocycles. The normalized spacial score (nSPS) is 11.2. The molecule has 0 atom stereocenters. The summed E-state index contributed by atoms with van der Waals surface area (Å²) in [5.74, 6) is 0.596. The lowest BCUT2D eigenvalue weighted by Gasteiger charge is -2.12. The van der Waals surface area contributed by atoms with Gasteiger partial charge in [-0.2, -0.15) is 0 Å². The first-order chi connectivity index (χ1) is 19.6. The quantitative estimate of drug-likeness (QED) is 0.220. The number of fused-ring (bicyclic) bond motifs is 3. The Morgan fingerprint density at radius 2 is 1.00 bits per heavy atom. The van der Waals surface area contributed by atoms with Crippen molar-refractivity contribution in [1.82, 2.24) is 19.9 Å². The minimum Gasteiger partial charge on any atom is -0.251 e. The summed E-state index contributed by atoms with van der Waals surface area (Å²) in [5, 5.41) is 2.16. The number of aromatic nitrogens is 4. The average molecular weight is 515 g/mol. The first-order valence-electron chi connectivity index (χ1n) is 13.4. The van der Waals surface area contributed by atoms with Gasteiger partial charge in [0, 0.05) is 27.6 Å². The summed E-state index contributed by atoms with van der Waals surface area (Å²) >= 11 is 0. The predicted octanol–water partition coefficient (Wildman–Crippen LogP) is 8.86. The van der Waals surface area contributed by atoms with Crippen LogP contribution in [0.1, 0.15) is 11.3 Å². The van der Waals surface area contributed by atoms with Gasteiger partial charge in [0.2, 0.25) is 0 Å². The lowest BCUT2D eigenvalue weighted by molar-refractivity contribution is 1.15. The van der Waals surface area contributed by atoms with Crippen molar-refractivity contribution in [3.05, 3.63) is 133 Å².